The predicted molar refractivity (Wildman–Crippen MR) is 256 cm³/mol. The zero-order valence-corrected chi connectivity index (χ0v) is 33.6. The third kappa shape index (κ3) is 5.90. The van der Waals surface area contributed by atoms with Crippen molar-refractivity contribution < 1.29 is 0 Å². The van der Waals surface area contributed by atoms with E-state index in [1.54, 1.807) is 0 Å². The summed E-state index contributed by atoms with van der Waals surface area (Å²) >= 11 is 0. The third-order valence-corrected chi connectivity index (χ3v) is 12.0. The molecule has 3 aromatic heterocycles. The minimum absolute atomic E-state index is 0.593. The van der Waals surface area contributed by atoms with Gasteiger partial charge in [-0.05, 0) is 65.2 Å². The van der Waals surface area contributed by atoms with Gasteiger partial charge in [0.05, 0.1) is 33.4 Å². The second-order valence-electron chi connectivity index (χ2n) is 15.6. The summed E-state index contributed by atoms with van der Waals surface area (Å²) in [5, 5.41) is 4.81. The first-order chi connectivity index (χ1) is 30.8. The maximum Gasteiger partial charge on any atom is 0.166 e. The Morgan fingerprint density at radius 1 is 0.242 bits per heavy atom. The van der Waals surface area contributed by atoms with Gasteiger partial charge in [0.1, 0.15) is 0 Å². The molecule has 0 saturated heterocycles. The van der Waals surface area contributed by atoms with Gasteiger partial charge < -0.3 is 9.13 Å². The SMILES string of the molecule is c1ccc(-c2ccc3c(c2)c2ccccc2n3-c2ccc(-c3ccccc3-n3c4ccccc4c4ccccc43)cc2-c2nc(-c3ccccc3)nc(-c3ccccc3)n2)cc1. The van der Waals surface area contributed by atoms with Crippen molar-refractivity contribution in [2.75, 3.05) is 0 Å². The van der Waals surface area contributed by atoms with Crippen LogP contribution in [0.2, 0.25) is 0 Å². The van der Waals surface area contributed by atoms with Crippen LogP contribution in [0.15, 0.2) is 224 Å². The molecule has 12 rings (SSSR count). The molecule has 0 aliphatic rings. The van der Waals surface area contributed by atoms with Gasteiger partial charge in [-0.1, -0.05) is 176 Å². The lowest BCUT2D eigenvalue weighted by atomic mass is 9.99. The van der Waals surface area contributed by atoms with Gasteiger partial charge in [0.2, 0.25) is 0 Å². The van der Waals surface area contributed by atoms with E-state index in [1.807, 2.05) is 36.4 Å². The second-order valence-corrected chi connectivity index (χ2v) is 15.6. The number of rotatable bonds is 7. The molecule has 62 heavy (non-hydrogen) atoms. The Morgan fingerprint density at radius 3 is 1.24 bits per heavy atom. The van der Waals surface area contributed by atoms with E-state index in [0.717, 1.165) is 61.3 Å². The molecule has 0 unspecified atom stereocenters. The first kappa shape index (κ1) is 35.5. The fraction of sp³-hybridized carbons (Fsp3) is 0. The largest absolute Gasteiger partial charge is 0.309 e. The second kappa shape index (κ2) is 14.7. The van der Waals surface area contributed by atoms with E-state index in [0.29, 0.717) is 17.5 Å². The lowest BCUT2D eigenvalue weighted by Crippen LogP contribution is -2.04. The molecule has 0 spiro atoms. The summed E-state index contributed by atoms with van der Waals surface area (Å²) in [4.78, 5) is 15.7. The third-order valence-electron chi connectivity index (χ3n) is 12.0. The smallest absolute Gasteiger partial charge is 0.166 e. The number of hydrogen-bond acceptors (Lipinski definition) is 3. The van der Waals surface area contributed by atoms with Crippen LogP contribution in [0.3, 0.4) is 0 Å². The van der Waals surface area contributed by atoms with Crippen LogP contribution >= 0.6 is 0 Å². The summed E-state index contributed by atoms with van der Waals surface area (Å²) in [5.41, 5.74) is 13.9. The van der Waals surface area contributed by atoms with Crippen molar-refractivity contribution in [1.29, 1.82) is 0 Å². The number of benzene rings is 9. The van der Waals surface area contributed by atoms with Gasteiger partial charge in [0.25, 0.3) is 0 Å². The zero-order valence-electron chi connectivity index (χ0n) is 33.6. The van der Waals surface area contributed by atoms with Crippen LogP contribution in [-0.2, 0) is 0 Å². The molecule has 5 heteroatoms. The Bertz CT molecular complexity index is 3510. The van der Waals surface area contributed by atoms with Crippen molar-refractivity contribution in [3.8, 4) is 67.8 Å². The van der Waals surface area contributed by atoms with E-state index in [9.17, 15) is 0 Å². The molecule has 0 radical (unpaired) electrons. The molecule has 12 aromatic rings. The van der Waals surface area contributed by atoms with E-state index < -0.39 is 0 Å². The van der Waals surface area contributed by atoms with E-state index in [-0.39, 0.29) is 0 Å². The molecule has 0 amide bonds. The summed E-state index contributed by atoms with van der Waals surface area (Å²) in [5.74, 6) is 1.83. The van der Waals surface area contributed by atoms with Gasteiger partial charge in [0.15, 0.2) is 17.5 Å². The number of nitrogens with zero attached hydrogens (tertiary/aromatic N) is 5. The normalized spacial score (nSPS) is 11.5. The van der Waals surface area contributed by atoms with Crippen LogP contribution in [0.4, 0.5) is 0 Å². The molecule has 0 fully saturated rings. The monoisotopic (exact) mass is 791 g/mol. The summed E-state index contributed by atoms with van der Waals surface area (Å²) in [7, 11) is 0. The topological polar surface area (TPSA) is 48.5 Å². The quantitative estimate of drug-likeness (QED) is 0.162. The maximum atomic E-state index is 5.33. The van der Waals surface area contributed by atoms with Crippen molar-refractivity contribution in [2.45, 2.75) is 0 Å². The fourth-order valence-electron chi connectivity index (χ4n) is 9.14. The predicted octanol–water partition coefficient (Wildman–Crippen LogP) is 14.4. The molecule has 290 valence electrons. The first-order valence-corrected chi connectivity index (χ1v) is 21.0. The van der Waals surface area contributed by atoms with Gasteiger partial charge in [-0.15, -0.1) is 0 Å². The molecule has 5 nitrogen and oxygen atoms in total. The van der Waals surface area contributed by atoms with Crippen LogP contribution in [0.1, 0.15) is 0 Å². The minimum atomic E-state index is 0.593. The highest BCUT2D eigenvalue weighted by Crippen LogP contribution is 2.42. The molecule has 0 aliphatic carbocycles. The van der Waals surface area contributed by atoms with Crippen molar-refractivity contribution in [3.05, 3.63) is 224 Å². The average molecular weight is 792 g/mol. The number of aromatic nitrogens is 5. The van der Waals surface area contributed by atoms with Gasteiger partial charge in [-0.25, -0.2) is 15.0 Å². The van der Waals surface area contributed by atoms with Crippen LogP contribution in [0, 0.1) is 0 Å². The standard InChI is InChI=1S/C57H37N5/c1-4-18-38(19-5-1)41-32-34-53-47(36-41)46-27-13-17-31-52(46)62(53)54-35-33-42(43-24-10-14-28-49(43)61-50-29-15-11-25-44(50)45-26-12-16-30-51(45)61)37-48(54)57-59-55(39-20-6-2-7-21-39)58-56(60-57)40-22-8-3-9-23-40/h1-37H. The first-order valence-electron chi connectivity index (χ1n) is 21.0. The maximum absolute atomic E-state index is 5.33. The van der Waals surface area contributed by atoms with Gasteiger partial charge in [-0.3, -0.25) is 0 Å². The van der Waals surface area contributed by atoms with E-state index >= 15 is 0 Å². The van der Waals surface area contributed by atoms with Crippen molar-refractivity contribution in [3.63, 3.8) is 0 Å². The minimum Gasteiger partial charge on any atom is -0.309 e. The molecular weight excluding hydrogens is 755 g/mol. The summed E-state index contributed by atoms with van der Waals surface area (Å²) in [6.45, 7) is 0. The highest BCUT2D eigenvalue weighted by atomic mass is 15.1. The Labute approximate surface area is 358 Å². The van der Waals surface area contributed by atoms with Gasteiger partial charge in [-0.2, -0.15) is 0 Å². The molecule has 0 N–H and O–H groups in total. The Balaban J connectivity index is 1.15. The Morgan fingerprint density at radius 2 is 0.661 bits per heavy atom. The van der Waals surface area contributed by atoms with Crippen molar-refractivity contribution >= 4 is 43.6 Å². The molecule has 0 bridgehead atoms. The zero-order chi connectivity index (χ0) is 41.0. The van der Waals surface area contributed by atoms with Crippen LogP contribution in [-0.4, -0.2) is 24.1 Å². The molecule has 3 heterocycles. The summed E-state index contributed by atoms with van der Waals surface area (Å²) < 4.78 is 4.78. The van der Waals surface area contributed by atoms with E-state index in [4.69, 9.17) is 15.0 Å². The van der Waals surface area contributed by atoms with Gasteiger partial charge in [0, 0.05) is 43.8 Å². The van der Waals surface area contributed by atoms with E-state index in [1.165, 1.54) is 32.7 Å². The van der Waals surface area contributed by atoms with Crippen LogP contribution in [0.25, 0.3) is 111 Å². The summed E-state index contributed by atoms with van der Waals surface area (Å²) in [6.07, 6.45) is 0. The number of hydrogen-bond donors (Lipinski definition) is 0. The highest BCUT2D eigenvalue weighted by Gasteiger charge is 2.22. The lowest BCUT2D eigenvalue weighted by Gasteiger charge is -2.18. The van der Waals surface area contributed by atoms with Crippen molar-refractivity contribution in [1.82, 2.24) is 24.1 Å². The van der Waals surface area contributed by atoms with Crippen LogP contribution < -0.4 is 0 Å². The number of fused-ring (bicyclic) bond motifs is 6. The van der Waals surface area contributed by atoms with Crippen LogP contribution in [0.5, 0.6) is 0 Å². The fourth-order valence-corrected chi connectivity index (χ4v) is 9.14. The Kier molecular flexibility index (Phi) is 8.42. The van der Waals surface area contributed by atoms with Crippen molar-refractivity contribution in [2.24, 2.45) is 0 Å². The van der Waals surface area contributed by atoms with Gasteiger partial charge >= 0.3 is 0 Å². The molecule has 9 aromatic carbocycles. The average Bonchev–Trinajstić information content (AvgIpc) is 3.87. The molecule has 0 aliphatic heterocycles. The molecule has 0 atom stereocenters. The molecular formula is C57H37N5. The lowest BCUT2D eigenvalue weighted by molar-refractivity contribution is 1.06. The molecule has 0 saturated carbocycles. The van der Waals surface area contributed by atoms with E-state index in [2.05, 4.69) is 197 Å². The number of para-hydroxylation sites is 4. The Hall–Kier alpha value is -8.41. The highest BCUT2D eigenvalue weighted by molar-refractivity contribution is 6.12. The summed E-state index contributed by atoms with van der Waals surface area (Å²) in [6, 6.07) is 79.3.